The monoisotopic (exact) mass is 289 g/mol. The fourth-order valence-electron chi connectivity index (χ4n) is 2.28. The van der Waals surface area contributed by atoms with Gasteiger partial charge in [-0.1, -0.05) is 34.6 Å². The lowest BCUT2D eigenvalue weighted by Crippen LogP contribution is -2.28. The summed E-state index contributed by atoms with van der Waals surface area (Å²) in [5, 5.41) is 6.39. The third-order valence-corrected chi connectivity index (χ3v) is 4.07. The van der Waals surface area contributed by atoms with Gasteiger partial charge in [0, 0.05) is 23.8 Å². The highest BCUT2D eigenvalue weighted by atomic mass is 16.1. The lowest BCUT2D eigenvalue weighted by atomic mass is 10.1. The van der Waals surface area contributed by atoms with Crippen LogP contribution < -0.4 is 10.6 Å². The summed E-state index contributed by atoms with van der Waals surface area (Å²) >= 11 is 0. The van der Waals surface area contributed by atoms with Crippen molar-refractivity contribution in [3.05, 3.63) is 23.4 Å². The third-order valence-electron chi connectivity index (χ3n) is 4.07. The van der Waals surface area contributed by atoms with Gasteiger partial charge in [-0.15, -0.1) is 0 Å². The molecule has 2 N–H and O–H groups in total. The molecule has 0 radical (unpaired) electrons. The van der Waals surface area contributed by atoms with Crippen LogP contribution in [0.15, 0.2) is 12.1 Å². The first-order valence-corrected chi connectivity index (χ1v) is 7.90. The number of pyridine rings is 1. The predicted molar refractivity (Wildman–Crippen MR) is 86.8 cm³/mol. The van der Waals surface area contributed by atoms with E-state index in [0.717, 1.165) is 30.9 Å². The lowest BCUT2D eigenvalue weighted by Gasteiger charge is -2.13. The van der Waals surface area contributed by atoms with E-state index < -0.39 is 0 Å². The van der Waals surface area contributed by atoms with Crippen LogP contribution in [0.4, 0.5) is 5.82 Å². The van der Waals surface area contributed by atoms with E-state index in [9.17, 15) is 4.79 Å². The normalized spacial score (nSPS) is 19.4. The second kappa shape index (κ2) is 6.04. The smallest absolute Gasteiger partial charge is 0.251 e. The van der Waals surface area contributed by atoms with Crippen LogP contribution >= 0.6 is 0 Å². The molecule has 4 heteroatoms. The Morgan fingerprint density at radius 1 is 1.43 bits per heavy atom. The van der Waals surface area contributed by atoms with Crippen molar-refractivity contribution in [2.24, 2.45) is 5.41 Å². The van der Waals surface area contributed by atoms with E-state index in [0.29, 0.717) is 17.5 Å². The van der Waals surface area contributed by atoms with Crippen LogP contribution in [0.1, 0.15) is 69.4 Å². The van der Waals surface area contributed by atoms with Crippen LogP contribution in [0.25, 0.3) is 0 Å². The number of anilines is 1. The topological polar surface area (TPSA) is 54.0 Å². The molecule has 21 heavy (non-hydrogen) atoms. The van der Waals surface area contributed by atoms with Crippen molar-refractivity contribution in [1.82, 2.24) is 10.3 Å². The molecule has 1 aliphatic carbocycles. The summed E-state index contributed by atoms with van der Waals surface area (Å²) in [6.45, 7) is 11.5. The first-order valence-electron chi connectivity index (χ1n) is 7.90. The number of nitrogens with one attached hydrogen (secondary N) is 2. The van der Waals surface area contributed by atoms with E-state index in [-0.39, 0.29) is 11.3 Å². The number of carbonyl (C=O) groups excluding carboxylic acids is 1. The number of rotatable bonds is 6. The number of hydrogen-bond acceptors (Lipinski definition) is 3. The van der Waals surface area contributed by atoms with Gasteiger partial charge >= 0.3 is 0 Å². The average Bonchev–Trinajstić information content (AvgIpc) is 3.02. The maximum atomic E-state index is 12.4. The van der Waals surface area contributed by atoms with Gasteiger partial charge in [-0.25, -0.2) is 4.98 Å². The Kier molecular flexibility index (Phi) is 4.55. The Morgan fingerprint density at radius 3 is 2.62 bits per heavy atom. The zero-order valence-electron chi connectivity index (χ0n) is 13.8. The van der Waals surface area contributed by atoms with Crippen molar-refractivity contribution in [2.45, 2.75) is 59.4 Å². The highest BCUT2D eigenvalue weighted by molar-refractivity contribution is 5.95. The van der Waals surface area contributed by atoms with Crippen LogP contribution in [0.3, 0.4) is 0 Å². The standard InChI is InChI=1S/C17H27N3O/c1-6-7-18-15-9-12(8-13(19-15)11(2)3)16(21)20-14-10-17(14,4)5/h8-9,11,14H,6-7,10H2,1-5H3,(H,18,19)(H,20,21). The highest BCUT2D eigenvalue weighted by Gasteiger charge is 2.46. The van der Waals surface area contributed by atoms with E-state index in [4.69, 9.17) is 0 Å². The van der Waals surface area contributed by atoms with Crippen LogP contribution in [-0.4, -0.2) is 23.5 Å². The third kappa shape index (κ3) is 3.96. The van der Waals surface area contributed by atoms with Gasteiger partial charge < -0.3 is 10.6 Å². The summed E-state index contributed by atoms with van der Waals surface area (Å²) in [6.07, 6.45) is 2.09. The van der Waals surface area contributed by atoms with Gasteiger partial charge in [0.1, 0.15) is 5.82 Å². The molecule has 1 aromatic rings. The number of carbonyl (C=O) groups is 1. The van der Waals surface area contributed by atoms with Crippen molar-refractivity contribution in [2.75, 3.05) is 11.9 Å². The second-order valence-electron chi connectivity index (χ2n) is 6.97. The van der Waals surface area contributed by atoms with E-state index in [2.05, 4.69) is 50.2 Å². The summed E-state index contributed by atoms with van der Waals surface area (Å²) in [4.78, 5) is 17.0. The zero-order valence-corrected chi connectivity index (χ0v) is 13.8. The van der Waals surface area contributed by atoms with E-state index in [1.165, 1.54) is 0 Å². The zero-order chi connectivity index (χ0) is 15.6. The Labute approximate surface area is 127 Å². The van der Waals surface area contributed by atoms with Crippen LogP contribution in [0.2, 0.25) is 0 Å². The fraction of sp³-hybridized carbons (Fsp3) is 0.647. The molecular formula is C17H27N3O. The van der Waals surface area contributed by atoms with Crippen LogP contribution in [0.5, 0.6) is 0 Å². The minimum absolute atomic E-state index is 0.00873. The fourth-order valence-corrected chi connectivity index (χ4v) is 2.28. The maximum Gasteiger partial charge on any atom is 0.251 e. The van der Waals surface area contributed by atoms with Crippen molar-refractivity contribution in [1.29, 1.82) is 0 Å². The summed E-state index contributed by atoms with van der Waals surface area (Å²) < 4.78 is 0. The number of aromatic nitrogens is 1. The van der Waals surface area contributed by atoms with Crippen LogP contribution in [0, 0.1) is 5.41 Å². The molecule has 1 fully saturated rings. The second-order valence-corrected chi connectivity index (χ2v) is 6.97. The minimum Gasteiger partial charge on any atom is -0.370 e. The van der Waals surface area contributed by atoms with Gasteiger partial charge in [0.05, 0.1) is 0 Å². The van der Waals surface area contributed by atoms with Gasteiger partial charge in [-0.3, -0.25) is 4.79 Å². The van der Waals surface area contributed by atoms with E-state index in [1.54, 1.807) is 0 Å². The molecule has 0 saturated heterocycles. The van der Waals surface area contributed by atoms with Crippen molar-refractivity contribution >= 4 is 11.7 Å². The van der Waals surface area contributed by atoms with Gasteiger partial charge in [0.25, 0.3) is 5.91 Å². The number of amides is 1. The lowest BCUT2D eigenvalue weighted by molar-refractivity contribution is 0.0946. The first kappa shape index (κ1) is 15.8. The summed E-state index contributed by atoms with van der Waals surface area (Å²) in [7, 11) is 0. The van der Waals surface area contributed by atoms with Gasteiger partial charge in [-0.05, 0) is 36.3 Å². The molecule has 0 aromatic carbocycles. The molecule has 1 saturated carbocycles. The van der Waals surface area contributed by atoms with E-state index in [1.807, 2.05) is 12.1 Å². The summed E-state index contributed by atoms with van der Waals surface area (Å²) in [6, 6.07) is 4.06. The molecule has 1 unspecified atom stereocenters. The molecule has 116 valence electrons. The van der Waals surface area contributed by atoms with Crippen LogP contribution in [-0.2, 0) is 0 Å². The molecule has 0 bridgehead atoms. The Morgan fingerprint density at radius 2 is 2.10 bits per heavy atom. The van der Waals surface area contributed by atoms with Gasteiger partial charge in [0.2, 0.25) is 0 Å². The first-order chi connectivity index (χ1) is 9.83. The molecule has 2 rings (SSSR count). The van der Waals surface area contributed by atoms with E-state index >= 15 is 0 Å². The van der Waals surface area contributed by atoms with Gasteiger partial charge in [-0.2, -0.15) is 0 Å². The molecule has 0 spiro atoms. The predicted octanol–water partition coefficient (Wildman–Crippen LogP) is 3.56. The summed E-state index contributed by atoms with van der Waals surface area (Å²) in [5.41, 5.74) is 1.90. The largest absolute Gasteiger partial charge is 0.370 e. The SMILES string of the molecule is CCCNc1cc(C(=O)NC2CC2(C)C)cc(C(C)C)n1. The highest BCUT2D eigenvalue weighted by Crippen LogP contribution is 2.44. The van der Waals surface area contributed by atoms with Crippen molar-refractivity contribution in [3.63, 3.8) is 0 Å². The summed E-state index contributed by atoms with van der Waals surface area (Å²) in [5.74, 6) is 1.11. The Balaban J connectivity index is 2.16. The van der Waals surface area contributed by atoms with Crippen molar-refractivity contribution < 1.29 is 4.79 Å². The number of hydrogen-bond donors (Lipinski definition) is 2. The van der Waals surface area contributed by atoms with Crippen molar-refractivity contribution in [3.8, 4) is 0 Å². The molecule has 1 atom stereocenters. The molecule has 1 amide bonds. The molecule has 0 aliphatic heterocycles. The molecule has 1 heterocycles. The molecule has 1 aromatic heterocycles. The average molecular weight is 289 g/mol. The Hall–Kier alpha value is -1.58. The minimum atomic E-state index is 0.00873. The molecular weight excluding hydrogens is 262 g/mol. The molecule has 4 nitrogen and oxygen atoms in total. The maximum absolute atomic E-state index is 12.4. The Bertz CT molecular complexity index is 523. The quantitative estimate of drug-likeness (QED) is 0.842. The number of nitrogens with zero attached hydrogens (tertiary/aromatic N) is 1. The molecule has 1 aliphatic rings. The van der Waals surface area contributed by atoms with Gasteiger partial charge in [0.15, 0.2) is 0 Å².